The maximum absolute atomic E-state index is 12.2. The van der Waals surface area contributed by atoms with Crippen LogP contribution in [0.1, 0.15) is 18.5 Å². The Hall–Kier alpha value is -2.94. The van der Waals surface area contributed by atoms with Crippen molar-refractivity contribution in [3.05, 3.63) is 58.3 Å². The molecule has 0 aliphatic heterocycles. The standard InChI is InChI=1S/C17H17N5O3S/c1-10-8-13(23)20-17(19-10)26-11(2)15(24)18-9-14-21-22-16(25-14)12-6-4-3-5-7-12/h3-8,11H,9H2,1-2H3,(H,18,24)(H,19,20,23)/t11-/m1/s1. The van der Waals surface area contributed by atoms with E-state index >= 15 is 0 Å². The number of nitrogens with zero attached hydrogens (tertiary/aromatic N) is 3. The first-order valence-electron chi connectivity index (χ1n) is 7.91. The molecule has 1 amide bonds. The first-order valence-corrected chi connectivity index (χ1v) is 8.79. The Balaban J connectivity index is 1.56. The van der Waals surface area contributed by atoms with Gasteiger partial charge in [0.15, 0.2) is 5.16 Å². The van der Waals surface area contributed by atoms with Crippen molar-refractivity contribution in [2.45, 2.75) is 30.8 Å². The predicted octanol–water partition coefficient (Wildman–Crippen LogP) is 1.93. The van der Waals surface area contributed by atoms with Crippen LogP contribution in [0.5, 0.6) is 0 Å². The summed E-state index contributed by atoms with van der Waals surface area (Å²) in [7, 11) is 0. The van der Waals surface area contributed by atoms with Gasteiger partial charge in [-0.05, 0) is 26.0 Å². The largest absolute Gasteiger partial charge is 0.419 e. The van der Waals surface area contributed by atoms with E-state index in [4.69, 9.17) is 4.42 Å². The summed E-state index contributed by atoms with van der Waals surface area (Å²) in [5.41, 5.74) is 1.17. The third kappa shape index (κ3) is 4.57. The Bertz CT molecular complexity index is 954. The Morgan fingerprint density at radius 1 is 1.31 bits per heavy atom. The number of thioether (sulfide) groups is 1. The quantitative estimate of drug-likeness (QED) is 0.503. The fraction of sp³-hybridized carbons (Fsp3) is 0.235. The normalized spacial score (nSPS) is 11.9. The SMILES string of the molecule is Cc1cc(=O)[nH]c(S[C@H](C)C(=O)NCc2nnc(-c3ccccc3)o2)n1. The molecule has 9 heteroatoms. The zero-order chi connectivity index (χ0) is 18.5. The average Bonchev–Trinajstić information content (AvgIpc) is 3.08. The number of amides is 1. The summed E-state index contributed by atoms with van der Waals surface area (Å²) in [6.45, 7) is 3.58. The Morgan fingerprint density at radius 2 is 2.08 bits per heavy atom. The van der Waals surface area contributed by atoms with Gasteiger partial charge in [-0.15, -0.1) is 10.2 Å². The summed E-state index contributed by atoms with van der Waals surface area (Å²) in [6.07, 6.45) is 0. The van der Waals surface area contributed by atoms with Gasteiger partial charge < -0.3 is 14.7 Å². The molecule has 0 fully saturated rings. The molecule has 1 atom stereocenters. The number of rotatable bonds is 6. The number of hydrogen-bond acceptors (Lipinski definition) is 7. The zero-order valence-corrected chi connectivity index (χ0v) is 15.0. The smallest absolute Gasteiger partial charge is 0.251 e. The van der Waals surface area contributed by atoms with Crippen LogP contribution in [0.4, 0.5) is 0 Å². The van der Waals surface area contributed by atoms with Crippen molar-refractivity contribution < 1.29 is 9.21 Å². The van der Waals surface area contributed by atoms with Crippen molar-refractivity contribution in [2.24, 2.45) is 0 Å². The van der Waals surface area contributed by atoms with Crippen LogP contribution in [0.2, 0.25) is 0 Å². The van der Waals surface area contributed by atoms with E-state index in [0.29, 0.717) is 22.6 Å². The maximum Gasteiger partial charge on any atom is 0.251 e. The number of aryl methyl sites for hydroxylation is 1. The number of hydrogen-bond donors (Lipinski definition) is 2. The zero-order valence-electron chi connectivity index (χ0n) is 14.2. The lowest BCUT2D eigenvalue weighted by Crippen LogP contribution is -2.30. The van der Waals surface area contributed by atoms with Gasteiger partial charge in [0.25, 0.3) is 5.56 Å². The van der Waals surface area contributed by atoms with E-state index in [9.17, 15) is 9.59 Å². The first kappa shape index (κ1) is 17.9. The van der Waals surface area contributed by atoms with Gasteiger partial charge >= 0.3 is 0 Å². The molecule has 134 valence electrons. The average molecular weight is 371 g/mol. The minimum absolute atomic E-state index is 0.126. The molecule has 0 aliphatic rings. The third-order valence-corrected chi connectivity index (χ3v) is 4.39. The molecule has 0 radical (unpaired) electrons. The number of aromatic amines is 1. The van der Waals surface area contributed by atoms with E-state index in [0.717, 1.165) is 5.56 Å². The van der Waals surface area contributed by atoms with Crippen molar-refractivity contribution >= 4 is 17.7 Å². The van der Waals surface area contributed by atoms with Gasteiger partial charge in [-0.2, -0.15) is 0 Å². The van der Waals surface area contributed by atoms with Crippen molar-refractivity contribution in [2.75, 3.05) is 0 Å². The van der Waals surface area contributed by atoms with Gasteiger partial charge in [-0.3, -0.25) is 9.59 Å². The molecule has 2 heterocycles. The molecule has 0 bridgehead atoms. The second-order valence-corrected chi connectivity index (χ2v) is 6.87. The van der Waals surface area contributed by atoms with Crippen molar-refractivity contribution in [1.29, 1.82) is 0 Å². The highest BCUT2D eigenvalue weighted by atomic mass is 32.2. The minimum Gasteiger partial charge on any atom is -0.419 e. The van der Waals surface area contributed by atoms with Crippen LogP contribution in [0.25, 0.3) is 11.5 Å². The fourth-order valence-electron chi connectivity index (χ4n) is 2.16. The number of carbonyl (C=O) groups excluding carboxylic acids is 1. The van der Waals surface area contributed by atoms with Crippen molar-refractivity contribution in [3.8, 4) is 11.5 Å². The number of carbonyl (C=O) groups is 1. The van der Waals surface area contributed by atoms with E-state index in [1.165, 1.54) is 17.8 Å². The van der Waals surface area contributed by atoms with Crippen LogP contribution >= 0.6 is 11.8 Å². The van der Waals surface area contributed by atoms with E-state index < -0.39 is 5.25 Å². The summed E-state index contributed by atoms with van der Waals surface area (Å²) in [5.74, 6) is 0.494. The molecule has 0 aliphatic carbocycles. The second kappa shape index (κ2) is 7.96. The Morgan fingerprint density at radius 3 is 2.81 bits per heavy atom. The number of nitrogens with one attached hydrogen (secondary N) is 2. The highest BCUT2D eigenvalue weighted by Gasteiger charge is 2.17. The Kier molecular flexibility index (Phi) is 5.47. The number of H-pyrrole nitrogens is 1. The molecule has 0 saturated heterocycles. The van der Waals surface area contributed by atoms with Gasteiger partial charge in [-0.25, -0.2) is 4.98 Å². The Labute approximate surface area is 153 Å². The molecule has 1 aromatic carbocycles. The topological polar surface area (TPSA) is 114 Å². The number of aromatic nitrogens is 4. The summed E-state index contributed by atoms with van der Waals surface area (Å²) < 4.78 is 5.55. The molecule has 3 rings (SSSR count). The van der Waals surface area contributed by atoms with Crippen LogP contribution in [-0.4, -0.2) is 31.3 Å². The van der Waals surface area contributed by atoms with E-state index in [1.54, 1.807) is 13.8 Å². The van der Waals surface area contributed by atoms with Crippen LogP contribution in [0.3, 0.4) is 0 Å². The molecule has 8 nitrogen and oxygen atoms in total. The van der Waals surface area contributed by atoms with Crippen LogP contribution in [-0.2, 0) is 11.3 Å². The molecule has 2 aromatic heterocycles. The maximum atomic E-state index is 12.2. The van der Waals surface area contributed by atoms with Gasteiger partial charge in [0.2, 0.25) is 17.7 Å². The summed E-state index contributed by atoms with van der Waals surface area (Å²) in [5, 5.41) is 10.6. The molecular weight excluding hydrogens is 354 g/mol. The highest BCUT2D eigenvalue weighted by Crippen LogP contribution is 2.19. The van der Waals surface area contributed by atoms with Gasteiger partial charge in [-0.1, -0.05) is 30.0 Å². The predicted molar refractivity (Wildman–Crippen MR) is 96.5 cm³/mol. The lowest BCUT2D eigenvalue weighted by Gasteiger charge is -2.10. The molecule has 0 spiro atoms. The molecular formula is C17H17N5O3S. The third-order valence-electron chi connectivity index (χ3n) is 3.41. The lowest BCUT2D eigenvalue weighted by atomic mass is 10.2. The molecule has 0 unspecified atom stereocenters. The van der Waals surface area contributed by atoms with Gasteiger partial charge in [0.1, 0.15) is 0 Å². The highest BCUT2D eigenvalue weighted by molar-refractivity contribution is 8.00. The summed E-state index contributed by atoms with van der Waals surface area (Å²) in [6, 6.07) is 10.8. The lowest BCUT2D eigenvalue weighted by molar-refractivity contribution is -0.120. The number of benzene rings is 1. The van der Waals surface area contributed by atoms with Crippen LogP contribution in [0.15, 0.2) is 50.8 Å². The van der Waals surface area contributed by atoms with Crippen molar-refractivity contribution in [1.82, 2.24) is 25.5 Å². The van der Waals surface area contributed by atoms with E-state index in [1.807, 2.05) is 30.3 Å². The van der Waals surface area contributed by atoms with E-state index in [-0.39, 0.29) is 18.0 Å². The minimum atomic E-state index is -0.448. The van der Waals surface area contributed by atoms with Crippen LogP contribution in [0, 0.1) is 6.92 Å². The molecule has 2 N–H and O–H groups in total. The second-order valence-electron chi connectivity index (χ2n) is 5.54. The monoisotopic (exact) mass is 371 g/mol. The van der Waals surface area contributed by atoms with Gasteiger partial charge in [0.05, 0.1) is 11.8 Å². The molecule has 3 aromatic rings. The van der Waals surface area contributed by atoms with Crippen LogP contribution < -0.4 is 10.9 Å². The summed E-state index contributed by atoms with van der Waals surface area (Å²) >= 11 is 1.17. The molecule has 26 heavy (non-hydrogen) atoms. The van der Waals surface area contributed by atoms with E-state index in [2.05, 4.69) is 25.5 Å². The van der Waals surface area contributed by atoms with Gasteiger partial charge in [0, 0.05) is 17.3 Å². The summed E-state index contributed by atoms with van der Waals surface area (Å²) in [4.78, 5) is 30.5. The first-order chi connectivity index (χ1) is 12.5. The van der Waals surface area contributed by atoms with Crippen molar-refractivity contribution in [3.63, 3.8) is 0 Å². The molecule has 0 saturated carbocycles. The fourth-order valence-corrected chi connectivity index (χ4v) is 3.04.